The molecule has 0 saturated carbocycles. The second kappa shape index (κ2) is 11.3. The van der Waals surface area contributed by atoms with E-state index < -0.39 is 63.9 Å². The van der Waals surface area contributed by atoms with Gasteiger partial charge in [-0.05, 0) is 0 Å². The lowest BCUT2D eigenvalue weighted by Crippen LogP contribution is -2.40. The maximum absolute atomic E-state index is 11.0. The zero-order valence-electron chi connectivity index (χ0n) is 16.7. The van der Waals surface area contributed by atoms with Crippen molar-refractivity contribution in [3.8, 4) is 0 Å². The molecular formula is C15H24N5O12P. The average Bonchev–Trinajstić information content (AvgIpc) is 3.33. The summed E-state index contributed by atoms with van der Waals surface area (Å²) in [7, 11) is -4.88. The smallest absolute Gasteiger partial charge is 0.394 e. The fraction of sp³-hybridized carbons (Fsp3) is 0.600. The SMILES string of the molecule is Nc1ncnc2c1ncn2[C@@H]1O[C@H](CO)[C@@H](OP(=O)(O)O)[C@H]1O.O=C[C@@H](O)[C@@H](O)[C@@H](O)CO. The van der Waals surface area contributed by atoms with Crippen molar-refractivity contribution in [3.05, 3.63) is 12.7 Å². The predicted octanol–water partition coefficient (Wildman–Crippen LogP) is -4.60. The molecule has 3 heterocycles. The van der Waals surface area contributed by atoms with E-state index in [1.165, 1.54) is 17.2 Å². The van der Waals surface area contributed by atoms with Gasteiger partial charge in [0.2, 0.25) is 0 Å². The van der Waals surface area contributed by atoms with Gasteiger partial charge >= 0.3 is 7.82 Å². The number of ether oxygens (including phenoxy) is 1. The van der Waals surface area contributed by atoms with Crippen molar-refractivity contribution in [1.82, 2.24) is 19.5 Å². The number of nitrogens with two attached hydrogens (primary N) is 1. The Kier molecular flexibility index (Phi) is 9.29. The summed E-state index contributed by atoms with van der Waals surface area (Å²) in [6.07, 6.45) is -7.31. The number of carbonyl (C=O) groups excluding carboxylic acids is 1. The topological polar surface area (TPSA) is 284 Å². The number of aldehydes is 1. The number of phosphoric acid groups is 1. The largest absolute Gasteiger partial charge is 0.470 e. The normalized spacial score (nSPS) is 25.8. The number of aliphatic hydroxyl groups is 6. The highest BCUT2D eigenvalue weighted by atomic mass is 31.2. The Morgan fingerprint density at radius 3 is 2.45 bits per heavy atom. The maximum Gasteiger partial charge on any atom is 0.470 e. The maximum atomic E-state index is 11.0. The number of fused-ring (bicyclic) bond motifs is 1. The van der Waals surface area contributed by atoms with Gasteiger partial charge in [0.15, 0.2) is 24.0 Å². The summed E-state index contributed by atoms with van der Waals surface area (Å²) >= 11 is 0. The molecule has 2 aromatic heterocycles. The Morgan fingerprint density at radius 1 is 1.24 bits per heavy atom. The summed E-state index contributed by atoms with van der Waals surface area (Å²) in [5.41, 5.74) is 6.21. The van der Waals surface area contributed by atoms with Crippen LogP contribution in [-0.2, 0) is 18.6 Å². The molecule has 18 heteroatoms. The number of nitrogens with zero attached hydrogens (tertiary/aromatic N) is 4. The summed E-state index contributed by atoms with van der Waals surface area (Å²) in [6, 6.07) is 0. The number of aromatic nitrogens is 4. The lowest BCUT2D eigenvalue weighted by molar-refractivity contribution is -0.127. The Hall–Kier alpha value is -2.15. The van der Waals surface area contributed by atoms with Crippen LogP contribution in [0, 0.1) is 0 Å². The Bertz CT molecular complexity index is 972. The van der Waals surface area contributed by atoms with Crippen molar-refractivity contribution >= 4 is 31.1 Å². The molecule has 0 aliphatic carbocycles. The Balaban J connectivity index is 0.000000328. The number of carbonyl (C=O) groups is 1. The van der Waals surface area contributed by atoms with Crippen LogP contribution in [0.5, 0.6) is 0 Å². The molecule has 1 aliphatic rings. The minimum absolute atomic E-state index is 0.0869. The van der Waals surface area contributed by atoms with Gasteiger partial charge < -0.3 is 55.7 Å². The molecule has 33 heavy (non-hydrogen) atoms. The van der Waals surface area contributed by atoms with Gasteiger partial charge in [-0.2, -0.15) is 0 Å². The van der Waals surface area contributed by atoms with Crippen LogP contribution >= 0.6 is 7.82 Å². The Morgan fingerprint density at radius 2 is 1.91 bits per heavy atom. The van der Waals surface area contributed by atoms with Crippen molar-refractivity contribution < 1.29 is 59.0 Å². The zero-order valence-corrected chi connectivity index (χ0v) is 17.6. The highest BCUT2D eigenvalue weighted by molar-refractivity contribution is 7.46. The first-order valence-corrected chi connectivity index (χ1v) is 10.7. The molecule has 7 atom stereocenters. The highest BCUT2D eigenvalue weighted by Gasteiger charge is 2.48. The molecule has 3 rings (SSSR count). The van der Waals surface area contributed by atoms with Crippen molar-refractivity contribution in [2.45, 2.75) is 42.9 Å². The van der Waals surface area contributed by atoms with E-state index in [9.17, 15) is 19.6 Å². The quantitative estimate of drug-likeness (QED) is 0.122. The summed E-state index contributed by atoms with van der Waals surface area (Å²) in [4.78, 5) is 39.4. The monoisotopic (exact) mass is 497 g/mol. The van der Waals surface area contributed by atoms with E-state index in [0.717, 1.165) is 0 Å². The van der Waals surface area contributed by atoms with Crippen LogP contribution in [-0.4, -0.2) is 116 Å². The minimum atomic E-state index is -4.88. The van der Waals surface area contributed by atoms with Crippen LogP contribution in [0.25, 0.3) is 11.2 Å². The van der Waals surface area contributed by atoms with E-state index in [0.29, 0.717) is 0 Å². The number of hydrogen-bond acceptors (Lipinski definition) is 14. The van der Waals surface area contributed by atoms with Gasteiger partial charge in [-0.1, -0.05) is 0 Å². The van der Waals surface area contributed by atoms with Crippen LogP contribution in [0.1, 0.15) is 6.23 Å². The molecule has 0 bridgehead atoms. The number of rotatable bonds is 8. The second-order valence-electron chi connectivity index (χ2n) is 6.75. The van der Waals surface area contributed by atoms with E-state index in [1.54, 1.807) is 0 Å². The third-order valence-corrected chi connectivity index (χ3v) is 5.00. The van der Waals surface area contributed by atoms with Gasteiger partial charge in [-0.15, -0.1) is 0 Å². The minimum Gasteiger partial charge on any atom is -0.394 e. The van der Waals surface area contributed by atoms with Gasteiger partial charge in [0.05, 0.1) is 19.5 Å². The molecular weight excluding hydrogens is 473 g/mol. The van der Waals surface area contributed by atoms with Crippen molar-refractivity contribution in [1.29, 1.82) is 0 Å². The van der Waals surface area contributed by atoms with Gasteiger partial charge in [0, 0.05) is 0 Å². The molecule has 0 spiro atoms. The second-order valence-corrected chi connectivity index (χ2v) is 7.94. The van der Waals surface area contributed by atoms with Crippen LogP contribution in [0.15, 0.2) is 12.7 Å². The third kappa shape index (κ3) is 6.46. The summed E-state index contributed by atoms with van der Waals surface area (Å²) in [5.74, 6) is 0.128. The molecule has 2 aromatic rings. The van der Waals surface area contributed by atoms with E-state index in [2.05, 4.69) is 19.5 Å². The van der Waals surface area contributed by atoms with E-state index in [4.69, 9.17) is 40.7 Å². The number of nitrogen functional groups attached to an aromatic ring is 1. The standard InChI is InChI=1S/C10H14N5O7P.C5H10O5/c11-8-5-9(13-2-12-8)15(3-14-5)10-6(17)7(4(1-16)21-10)22-23(18,19)20;6-1-3(8)5(10)4(9)2-7/h2-4,6-7,10,16-17H,1H2,(H2,11,12,13)(H2,18,19,20);1,3-5,7-10H,2H2/t4-,6-,7-,10-;3-,4+,5-/m11/s1. The van der Waals surface area contributed by atoms with E-state index >= 15 is 0 Å². The van der Waals surface area contributed by atoms with Crippen LogP contribution in [0.2, 0.25) is 0 Å². The number of phosphoric ester groups is 1. The summed E-state index contributed by atoms with van der Waals surface area (Å²) in [5, 5.41) is 53.6. The number of anilines is 1. The van der Waals surface area contributed by atoms with Crippen molar-refractivity contribution in [2.75, 3.05) is 18.9 Å². The highest BCUT2D eigenvalue weighted by Crippen LogP contribution is 2.44. The van der Waals surface area contributed by atoms with E-state index in [1.807, 2.05) is 0 Å². The third-order valence-electron chi connectivity index (χ3n) is 4.48. The first-order chi connectivity index (χ1) is 15.4. The number of hydrogen-bond donors (Lipinski definition) is 9. The molecule has 0 unspecified atom stereocenters. The van der Waals surface area contributed by atoms with Gasteiger partial charge in [0.1, 0.15) is 48.5 Å². The molecule has 1 aliphatic heterocycles. The fourth-order valence-corrected chi connectivity index (χ4v) is 3.43. The lowest BCUT2D eigenvalue weighted by atomic mass is 10.1. The van der Waals surface area contributed by atoms with Gasteiger partial charge in [-0.25, -0.2) is 19.5 Å². The zero-order chi connectivity index (χ0) is 24.9. The Labute approximate surface area is 184 Å². The molecule has 0 amide bonds. The summed E-state index contributed by atoms with van der Waals surface area (Å²) in [6.45, 7) is -1.30. The van der Waals surface area contributed by atoms with Crippen LogP contribution < -0.4 is 5.73 Å². The lowest BCUT2D eigenvalue weighted by Gasteiger charge is -2.19. The molecule has 17 nitrogen and oxygen atoms in total. The number of aliphatic hydroxyl groups excluding tert-OH is 6. The van der Waals surface area contributed by atoms with Crippen molar-refractivity contribution in [2.24, 2.45) is 0 Å². The average molecular weight is 497 g/mol. The predicted molar refractivity (Wildman–Crippen MR) is 105 cm³/mol. The number of imidazole rings is 1. The molecule has 1 saturated heterocycles. The van der Waals surface area contributed by atoms with Gasteiger partial charge in [0.25, 0.3) is 0 Å². The van der Waals surface area contributed by atoms with Crippen LogP contribution in [0.4, 0.5) is 5.82 Å². The molecule has 10 N–H and O–H groups in total. The van der Waals surface area contributed by atoms with E-state index in [-0.39, 0.29) is 23.3 Å². The van der Waals surface area contributed by atoms with Gasteiger partial charge in [-0.3, -0.25) is 9.09 Å². The fourth-order valence-electron chi connectivity index (χ4n) is 2.86. The first-order valence-electron chi connectivity index (χ1n) is 9.16. The molecule has 1 fully saturated rings. The van der Waals surface area contributed by atoms with Crippen molar-refractivity contribution in [3.63, 3.8) is 0 Å². The van der Waals surface area contributed by atoms with Crippen LogP contribution in [0.3, 0.4) is 0 Å². The molecule has 186 valence electrons. The molecule has 0 radical (unpaired) electrons. The first kappa shape index (κ1) is 27.1. The summed E-state index contributed by atoms with van der Waals surface area (Å²) < 4.78 is 22.3. The molecule has 0 aromatic carbocycles.